The second kappa shape index (κ2) is 4.13. The maximum absolute atomic E-state index is 4.14. The molecular formula is C14H11BrN4. The van der Waals surface area contributed by atoms with Gasteiger partial charge >= 0.3 is 0 Å². The third-order valence-corrected chi connectivity index (χ3v) is 3.96. The molecule has 0 spiro atoms. The maximum atomic E-state index is 4.14. The van der Waals surface area contributed by atoms with Gasteiger partial charge in [-0.2, -0.15) is 4.68 Å². The fourth-order valence-electron chi connectivity index (χ4n) is 2.31. The van der Waals surface area contributed by atoms with Gasteiger partial charge in [0.25, 0.3) is 0 Å². The lowest BCUT2D eigenvalue weighted by Gasteiger charge is -2.05. The number of rotatable bonds is 2. The molecule has 1 saturated carbocycles. The summed E-state index contributed by atoms with van der Waals surface area (Å²) in [6.07, 6.45) is 2.39. The first-order chi connectivity index (χ1) is 9.31. The molecule has 3 aromatic rings. The number of tetrazole rings is 1. The average molecular weight is 315 g/mol. The molecule has 0 N–H and O–H groups in total. The minimum absolute atomic E-state index is 0.538. The molecule has 0 aliphatic heterocycles. The summed E-state index contributed by atoms with van der Waals surface area (Å²) in [7, 11) is 0. The molecule has 1 fully saturated rings. The van der Waals surface area contributed by atoms with Crippen LogP contribution in [0.15, 0.2) is 40.9 Å². The molecule has 4 rings (SSSR count). The van der Waals surface area contributed by atoms with Crippen molar-refractivity contribution in [2.45, 2.75) is 18.8 Å². The van der Waals surface area contributed by atoms with Crippen molar-refractivity contribution in [3.63, 3.8) is 0 Å². The van der Waals surface area contributed by atoms with Crippen LogP contribution in [0.3, 0.4) is 0 Å². The van der Waals surface area contributed by atoms with E-state index in [1.807, 2.05) is 10.7 Å². The molecular weight excluding hydrogens is 304 g/mol. The highest BCUT2D eigenvalue weighted by atomic mass is 79.9. The Hall–Kier alpha value is -1.75. The molecule has 0 amide bonds. The lowest BCUT2D eigenvalue weighted by molar-refractivity contribution is 0.764. The van der Waals surface area contributed by atoms with Crippen molar-refractivity contribution in [1.29, 1.82) is 0 Å². The second-order valence-corrected chi connectivity index (χ2v) is 5.81. The largest absolute Gasteiger partial charge is 0.197 e. The highest BCUT2D eigenvalue weighted by Crippen LogP contribution is 2.39. The topological polar surface area (TPSA) is 43.6 Å². The van der Waals surface area contributed by atoms with Crippen LogP contribution < -0.4 is 0 Å². The van der Waals surface area contributed by atoms with Crippen molar-refractivity contribution in [2.24, 2.45) is 0 Å². The van der Waals surface area contributed by atoms with Crippen molar-refractivity contribution in [2.75, 3.05) is 0 Å². The molecule has 1 aliphatic carbocycles. The van der Waals surface area contributed by atoms with Gasteiger partial charge in [-0.3, -0.25) is 0 Å². The van der Waals surface area contributed by atoms with Crippen LogP contribution in [0.2, 0.25) is 0 Å². The summed E-state index contributed by atoms with van der Waals surface area (Å²) in [6.45, 7) is 0. The highest BCUT2D eigenvalue weighted by molar-refractivity contribution is 9.10. The number of hydrogen-bond donors (Lipinski definition) is 0. The molecule has 1 aliphatic rings. The first kappa shape index (κ1) is 11.1. The first-order valence-corrected chi connectivity index (χ1v) is 7.08. The van der Waals surface area contributed by atoms with Gasteiger partial charge in [0, 0.05) is 10.4 Å². The number of nitrogens with zero attached hydrogens (tertiary/aromatic N) is 4. The van der Waals surface area contributed by atoms with Gasteiger partial charge in [0.15, 0.2) is 5.82 Å². The van der Waals surface area contributed by atoms with Crippen molar-refractivity contribution >= 4 is 26.7 Å². The highest BCUT2D eigenvalue weighted by Gasteiger charge is 2.29. The zero-order chi connectivity index (χ0) is 12.8. The van der Waals surface area contributed by atoms with E-state index in [0.717, 1.165) is 16.0 Å². The van der Waals surface area contributed by atoms with Crippen molar-refractivity contribution < 1.29 is 0 Å². The van der Waals surface area contributed by atoms with Crippen molar-refractivity contribution in [3.05, 3.63) is 46.7 Å². The molecule has 1 aromatic heterocycles. The van der Waals surface area contributed by atoms with Crippen LogP contribution >= 0.6 is 15.9 Å². The van der Waals surface area contributed by atoms with Crippen LogP contribution in [-0.2, 0) is 0 Å². The summed E-state index contributed by atoms with van der Waals surface area (Å²) < 4.78 is 2.95. The Balaban J connectivity index is 1.86. The lowest BCUT2D eigenvalue weighted by Crippen LogP contribution is -2.01. The number of benzene rings is 2. The fraction of sp³-hybridized carbons (Fsp3) is 0.214. The number of aromatic nitrogens is 4. The van der Waals surface area contributed by atoms with E-state index in [1.165, 1.54) is 23.6 Å². The Morgan fingerprint density at radius 1 is 1.05 bits per heavy atom. The molecule has 1 heterocycles. The molecule has 5 heteroatoms. The van der Waals surface area contributed by atoms with Gasteiger partial charge in [-0.25, -0.2) is 0 Å². The van der Waals surface area contributed by atoms with E-state index in [-0.39, 0.29) is 0 Å². The van der Waals surface area contributed by atoms with Gasteiger partial charge in [0.1, 0.15) is 0 Å². The Kier molecular flexibility index (Phi) is 2.41. The Labute approximate surface area is 118 Å². The minimum atomic E-state index is 0.538. The predicted octanol–water partition coefficient (Wildman–Crippen LogP) is 3.46. The van der Waals surface area contributed by atoms with Crippen LogP contribution in [0.1, 0.15) is 24.6 Å². The first-order valence-electron chi connectivity index (χ1n) is 6.29. The van der Waals surface area contributed by atoms with E-state index in [2.05, 4.69) is 61.8 Å². The predicted molar refractivity (Wildman–Crippen MR) is 76.3 cm³/mol. The molecule has 2 aromatic carbocycles. The number of fused-ring (bicyclic) bond motifs is 1. The monoisotopic (exact) mass is 314 g/mol. The SMILES string of the molecule is Brc1ccc2cc(-n3nnnc3C3CC3)ccc2c1. The van der Waals surface area contributed by atoms with E-state index >= 15 is 0 Å². The van der Waals surface area contributed by atoms with Gasteiger partial charge in [0.05, 0.1) is 5.69 Å². The third-order valence-electron chi connectivity index (χ3n) is 3.47. The van der Waals surface area contributed by atoms with Crippen molar-refractivity contribution in [1.82, 2.24) is 20.2 Å². The van der Waals surface area contributed by atoms with E-state index in [0.29, 0.717) is 5.92 Å². The summed E-state index contributed by atoms with van der Waals surface area (Å²) in [5.74, 6) is 1.52. The molecule has 19 heavy (non-hydrogen) atoms. The maximum Gasteiger partial charge on any atom is 0.159 e. The molecule has 0 unspecified atom stereocenters. The van der Waals surface area contributed by atoms with Gasteiger partial charge in [0.2, 0.25) is 0 Å². The summed E-state index contributed by atoms with van der Waals surface area (Å²) in [5.41, 5.74) is 1.03. The van der Waals surface area contributed by atoms with Gasteiger partial charge < -0.3 is 0 Å². The lowest BCUT2D eigenvalue weighted by atomic mass is 10.1. The zero-order valence-corrected chi connectivity index (χ0v) is 11.7. The van der Waals surface area contributed by atoms with E-state index in [1.54, 1.807) is 0 Å². The molecule has 0 atom stereocenters. The van der Waals surface area contributed by atoms with Crippen LogP contribution in [0, 0.1) is 0 Å². The Morgan fingerprint density at radius 3 is 2.68 bits per heavy atom. The molecule has 0 bridgehead atoms. The van der Waals surface area contributed by atoms with E-state index in [4.69, 9.17) is 0 Å². The summed E-state index contributed by atoms with van der Waals surface area (Å²) in [5, 5.41) is 14.5. The quantitative estimate of drug-likeness (QED) is 0.727. The number of hydrogen-bond acceptors (Lipinski definition) is 3. The minimum Gasteiger partial charge on any atom is -0.197 e. The number of halogens is 1. The van der Waals surface area contributed by atoms with Crippen LogP contribution in [-0.4, -0.2) is 20.2 Å². The smallest absolute Gasteiger partial charge is 0.159 e. The summed E-state index contributed by atoms with van der Waals surface area (Å²) in [4.78, 5) is 0. The third kappa shape index (κ3) is 1.94. The fourth-order valence-corrected chi connectivity index (χ4v) is 2.69. The second-order valence-electron chi connectivity index (χ2n) is 4.90. The molecule has 4 nitrogen and oxygen atoms in total. The van der Waals surface area contributed by atoms with Crippen LogP contribution in [0.25, 0.3) is 16.5 Å². The zero-order valence-electron chi connectivity index (χ0n) is 10.1. The molecule has 0 saturated heterocycles. The van der Waals surface area contributed by atoms with Gasteiger partial charge in [-0.05, 0) is 58.3 Å². The van der Waals surface area contributed by atoms with E-state index < -0.39 is 0 Å². The normalized spacial score (nSPS) is 15.0. The Morgan fingerprint density at radius 2 is 1.84 bits per heavy atom. The summed E-state index contributed by atoms with van der Waals surface area (Å²) in [6, 6.07) is 12.6. The van der Waals surface area contributed by atoms with Crippen molar-refractivity contribution in [3.8, 4) is 5.69 Å². The summed E-state index contributed by atoms with van der Waals surface area (Å²) >= 11 is 3.49. The molecule has 94 valence electrons. The standard InChI is InChI=1S/C14H11BrN4/c15-12-5-3-11-8-13(6-4-10(11)7-12)19-14(9-1-2-9)16-17-18-19/h3-9H,1-2H2. The van der Waals surface area contributed by atoms with Gasteiger partial charge in [-0.15, -0.1) is 5.10 Å². The average Bonchev–Trinajstić information content (AvgIpc) is 3.16. The molecule has 0 radical (unpaired) electrons. The van der Waals surface area contributed by atoms with Crippen LogP contribution in [0.4, 0.5) is 0 Å². The van der Waals surface area contributed by atoms with Gasteiger partial charge in [-0.1, -0.05) is 28.1 Å². The van der Waals surface area contributed by atoms with E-state index in [9.17, 15) is 0 Å². The van der Waals surface area contributed by atoms with Crippen LogP contribution in [0.5, 0.6) is 0 Å². The Bertz CT molecular complexity index is 761.